The Morgan fingerprint density at radius 2 is 1.46 bits per heavy atom. The van der Waals surface area contributed by atoms with E-state index in [1.807, 2.05) is 35.1 Å². The summed E-state index contributed by atoms with van der Waals surface area (Å²) in [6.07, 6.45) is 2.84. The van der Waals surface area contributed by atoms with Crippen molar-refractivity contribution in [3.63, 3.8) is 0 Å². The third-order valence-electron chi connectivity index (χ3n) is 19.7. The molecule has 21 nitrogen and oxygen atoms in total. The van der Waals surface area contributed by atoms with Gasteiger partial charge in [-0.15, -0.1) is 11.8 Å². The Labute approximate surface area is 559 Å². The van der Waals surface area contributed by atoms with E-state index in [1.54, 1.807) is 29.2 Å². The van der Waals surface area contributed by atoms with Crippen molar-refractivity contribution in [2.24, 2.45) is 16.2 Å². The van der Waals surface area contributed by atoms with Crippen LogP contribution in [0.4, 0.5) is 39.0 Å². The normalized spacial score (nSPS) is 22.8. The maximum Gasteiger partial charge on any atom is 0.501 e. The molecule has 4 aromatic rings. The Morgan fingerprint density at radius 1 is 0.771 bits per heavy atom. The number of allylic oxidation sites excluding steroid dienone is 1. The molecule has 4 aliphatic heterocycles. The number of piperazine rings is 2. The van der Waals surface area contributed by atoms with Gasteiger partial charge in [-0.3, -0.25) is 48.8 Å². The number of sulfonamides is 1. The zero-order valence-corrected chi connectivity index (χ0v) is 56.0. The zero-order valence-electron chi connectivity index (χ0n) is 53.5. The van der Waals surface area contributed by atoms with E-state index >= 15 is 0 Å². The second-order valence-electron chi connectivity index (χ2n) is 26.8. The second kappa shape index (κ2) is 28.8. The molecule has 3 saturated carbocycles. The predicted octanol–water partition coefficient (Wildman–Crippen LogP) is 8.21. The van der Waals surface area contributed by atoms with Crippen molar-refractivity contribution in [3.05, 3.63) is 119 Å². The highest BCUT2D eigenvalue weighted by Gasteiger charge is 2.73. The minimum Gasteiger partial charge on any atom is -0.382 e. The van der Waals surface area contributed by atoms with Gasteiger partial charge in [-0.05, 0) is 129 Å². The number of halogens is 5. The number of carbonyl (C=O) groups excluding carboxylic acids is 6. The van der Waals surface area contributed by atoms with Crippen LogP contribution >= 0.6 is 11.8 Å². The van der Waals surface area contributed by atoms with Crippen LogP contribution < -0.4 is 25.6 Å². The topological polar surface area (TPSA) is 253 Å². The first-order valence-electron chi connectivity index (χ1n) is 32.4. The molecule has 6 fully saturated rings. The van der Waals surface area contributed by atoms with Gasteiger partial charge in [-0.2, -0.15) is 13.2 Å². The number of sulfone groups is 1. The second-order valence-corrected chi connectivity index (χ2v) is 31.5. The van der Waals surface area contributed by atoms with E-state index in [-0.39, 0.29) is 91.4 Å². The van der Waals surface area contributed by atoms with Crippen LogP contribution in [0.2, 0.25) is 0 Å². The number of thioether (sulfide) groups is 1. The van der Waals surface area contributed by atoms with Crippen LogP contribution in [-0.2, 0) is 43.7 Å². The van der Waals surface area contributed by atoms with Gasteiger partial charge in [0.25, 0.3) is 37.6 Å². The lowest BCUT2D eigenvalue weighted by Crippen LogP contribution is -2.66. The number of ether oxygens (including phenoxy) is 2. The van der Waals surface area contributed by atoms with Gasteiger partial charge in [-0.1, -0.05) is 49.3 Å². The van der Waals surface area contributed by atoms with Crippen molar-refractivity contribution in [1.29, 1.82) is 0 Å². The summed E-state index contributed by atoms with van der Waals surface area (Å²) >= 11 is 1.38. The molecule has 0 radical (unpaired) electrons. The van der Waals surface area contributed by atoms with Gasteiger partial charge in [0.2, 0.25) is 24.1 Å². The van der Waals surface area contributed by atoms with Crippen LogP contribution in [0, 0.1) is 16.2 Å². The highest BCUT2D eigenvalue weighted by atomic mass is 32.2. The van der Waals surface area contributed by atoms with Gasteiger partial charge in [0.05, 0.1) is 54.6 Å². The molecular weight excluding hydrogens is 1310 g/mol. The Morgan fingerprint density at radius 3 is 2.14 bits per heavy atom. The Kier molecular flexibility index (Phi) is 21.1. The van der Waals surface area contributed by atoms with Gasteiger partial charge in [0.1, 0.15) is 10.9 Å². The number of hydrogen-bond donors (Lipinski definition) is 4. The maximum atomic E-state index is 14.5. The molecule has 518 valence electrons. The molecule has 0 aromatic heterocycles. The molecule has 0 spiro atoms. The Bertz CT molecular complexity index is 3850. The quantitative estimate of drug-likeness (QED) is 0.0137. The fraction of sp³-hybridized carbons (Fsp3) is 0.522. The zero-order chi connectivity index (χ0) is 68.4. The molecule has 2 bridgehead atoms. The van der Waals surface area contributed by atoms with E-state index in [4.69, 9.17) is 9.47 Å². The minimum atomic E-state index is -6.19. The van der Waals surface area contributed by atoms with E-state index in [2.05, 4.69) is 44.5 Å². The van der Waals surface area contributed by atoms with Crippen molar-refractivity contribution in [2.45, 2.75) is 117 Å². The fourth-order valence-corrected chi connectivity index (χ4v) is 17.4. The summed E-state index contributed by atoms with van der Waals surface area (Å²) in [5.74, 6) is -3.37. The predicted molar refractivity (Wildman–Crippen MR) is 349 cm³/mol. The molecule has 1 unspecified atom stereocenters. The molecule has 3 saturated heterocycles. The first-order valence-corrected chi connectivity index (χ1v) is 36.4. The van der Waals surface area contributed by atoms with E-state index in [0.29, 0.717) is 83.3 Å². The van der Waals surface area contributed by atoms with Crippen molar-refractivity contribution < 1.29 is 77.0 Å². The van der Waals surface area contributed by atoms with Gasteiger partial charge in [0, 0.05) is 117 Å². The number of alkyl halides is 5. The van der Waals surface area contributed by atoms with E-state index in [0.717, 1.165) is 66.5 Å². The maximum absolute atomic E-state index is 14.5. The number of imide groups is 2. The van der Waals surface area contributed by atoms with Crippen molar-refractivity contribution in [2.75, 3.05) is 120 Å². The lowest BCUT2D eigenvalue weighted by Gasteiger charge is -2.72. The van der Waals surface area contributed by atoms with Gasteiger partial charge < -0.3 is 29.9 Å². The molecule has 2 atom stereocenters. The van der Waals surface area contributed by atoms with Crippen LogP contribution in [0.3, 0.4) is 0 Å². The first kappa shape index (κ1) is 70.3. The molecule has 4 aromatic carbocycles. The summed E-state index contributed by atoms with van der Waals surface area (Å²) in [6, 6.07) is 20.7. The third kappa shape index (κ3) is 15.5. The number of piperidine rings is 1. The summed E-state index contributed by atoms with van der Waals surface area (Å²) in [5, 5.41) is 8.27. The molecular formula is C67H80F5N9O12S3. The van der Waals surface area contributed by atoms with Crippen LogP contribution in [0.1, 0.15) is 109 Å². The number of amides is 6. The SMILES string of the molecule is CC1(C)CCC(CN2CCN(c3ccc(C(=O)NS(=O)(=O)c4ccc(N[C@H](CCN5CCN(C(=O)CCOCCOCCNc6cccc7c6C(=O)N(C6CCC(=O)NC6=O)C7=O)CC5)CSc5ccccc5)c(S(=O)(=O)C(F)(F)F)c4)cc3)CC2)=C(C23CC(C(F)F)(C2)C3)C1. The lowest BCUT2D eigenvalue weighted by molar-refractivity contribution is -0.250. The van der Waals surface area contributed by atoms with Crippen molar-refractivity contribution >= 4 is 84.1 Å². The summed E-state index contributed by atoms with van der Waals surface area (Å²) < 4.78 is 139. The van der Waals surface area contributed by atoms with Crippen LogP contribution in [0.25, 0.3) is 0 Å². The Hall–Kier alpha value is -7.02. The standard InChI is InChI=1S/C67H80F5N9O12S3/c1-64(2)22-19-45(51(38-64)65-41-66(42-65,43-65)63(68)69)39-78-27-29-79(30-28-78)47-13-11-44(12-14-47)59(84)76-96(90,91)49-15-16-52(55(37-49)95(88,89)67(70,71)72)74-46(40-94-48-7-4-3-5-8-48)20-24-77-25-31-80(32-26-77)57(83)21-33-92-35-36-93-34-23-73-53-10-6-9-50-58(53)62(87)81(61(50)86)54-17-18-56(82)75-60(54)85/h3-16,37,46,54,63,73-74H,17-36,38-43H2,1-2H3,(H,76,84)(H,75,82,85)/t46-,54?,65?,66?/m1/s1. The smallest absolute Gasteiger partial charge is 0.382 e. The van der Waals surface area contributed by atoms with Crippen LogP contribution in [0.5, 0.6) is 0 Å². The average molecular weight is 1390 g/mol. The molecule has 6 amide bonds. The third-order valence-corrected chi connectivity index (χ3v) is 23.7. The van der Waals surface area contributed by atoms with Crippen LogP contribution in [-0.4, -0.2) is 200 Å². The van der Waals surface area contributed by atoms with E-state index in [1.165, 1.54) is 41.1 Å². The van der Waals surface area contributed by atoms with Crippen molar-refractivity contribution in [1.82, 2.24) is 29.6 Å². The fourth-order valence-electron chi connectivity index (χ4n) is 14.4. The number of carbonyl (C=O) groups is 6. The van der Waals surface area contributed by atoms with Crippen molar-refractivity contribution in [3.8, 4) is 0 Å². The molecule has 8 aliphatic rings. The van der Waals surface area contributed by atoms with Gasteiger partial charge in [-0.25, -0.2) is 30.3 Å². The monoisotopic (exact) mass is 1390 g/mol. The minimum absolute atomic E-state index is 0.00606. The summed E-state index contributed by atoms with van der Waals surface area (Å²) in [4.78, 5) is 85.2. The number of hydrogen-bond acceptors (Lipinski definition) is 18. The number of anilines is 3. The molecule has 29 heteroatoms. The molecule has 96 heavy (non-hydrogen) atoms. The number of rotatable bonds is 28. The summed E-state index contributed by atoms with van der Waals surface area (Å²) in [5.41, 5.74) is -2.89. The molecule has 4 aliphatic carbocycles. The highest BCUT2D eigenvalue weighted by molar-refractivity contribution is 7.99. The number of benzene rings is 4. The van der Waals surface area contributed by atoms with E-state index < -0.39 is 94.3 Å². The molecule has 4 N–H and O–H groups in total. The highest BCUT2D eigenvalue weighted by Crippen LogP contribution is 2.79. The average Bonchev–Trinajstić information content (AvgIpc) is 0.818. The van der Waals surface area contributed by atoms with Crippen LogP contribution in [0.15, 0.2) is 117 Å². The number of nitrogens with zero attached hydrogens (tertiary/aromatic N) is 5. The largest absolute Gasteiger partial charge is 0.501 e. The van der Waals surface area contributed by atoms with Gasteiger partial charge >= 0.3 is 5.51 Å². The molecule has 4 heterocycles. The number of fused-ring (bicyclic) bond motifs is 1. The number of nitrogens with one attached hydrogen (secondary N) is 4. The van der Waals surface area contributed by atoms with E-state index in [9.17, 15) is 67.6 Å². The lowest BCUT2D eigenvalue weighted by atomic mass is 9.32. The Balaban J connectivity index is 0.637. The van der Waals surface area contributed by atoms with Gasteiger partial charge in [0.15, 0.2) is 0 Å². The molecule has 12 rings (SSSR count). The summed E-state index contributed by atoms with van der Waals surface area (Å²) in [7, 11) is -11.1. The first-order chi connectivity index (χ1) is 45.6. The summed E-state index contributed by atoms with van der Waals surface area (Å²) in [6.45, 7) is 11.2.